The standard InChI is InChI=1S/C35H42N6O6.C27H29N5O5/c1-7-27(42)16-24-10-8-9-11-30(24)37-32-36-20-25-22-40(26-17-28(45-5)19-29(18-26)46-6)33(43)41(31(25)38-32)21-23-12-14-39(15-13-23)34(44)47-35(2,3)4;1-5-21(33)12-18-8-6-7-9-24(18)29-26-28-16-19-17-32(20-13-22(36-3)15-23(14-20)37-4)27(34)31(10-11-35-2)25(19)30-26/h7-11,17-20,23H,1,12-16,21-22H2,2-6H3,(H,36,37,38);5-9,13-16H,1,10-12,17H2,2-4H3,(H,28,29,30). The van der Waals surface area contributed by atoms with E-state index in [2.05, 4.69) is 38.7 Å². The van der Waals surface area contributed by atoms with Crippen LogP contribution in [0.3, 0.4) is 0 Å². The SMILES string of the molecule is C=CC(=O)Cc1ccccc1Nc1ncc2c(n1)N(CC1CCN(C(=O)OC(C)(C)C)CC1)C(=O)N(c1cc(OC)cc(OC)c1)C2.C=CC(=O)Cc1ccccc1Nc1ncc2c(n1)N(CCOC)C(=O)N(c1cc(OC)cc(OC)c1)C2. The number of benzene rings is 4. The number of para-hydroxylation sites is 2. The zero-order valence-corrected chi connectivity index (χ0v) is 48.7. The number of ether oxygens (including phenoxy) is 6. The topological polar surface area (TPSA) is 233 Å². The van der Waals surface area contributed by atoms with Crippen LogP contribution in [0, 0.1) is 5.92 Å². The number of carbonyl (C=O) groups is 5. The third-order valence-corrected chi connectivity index (χ3v) is 14.0. The molecule has 1 saturated heterocycles. The first-order valence-corrected chi connectivity index (χ1v) is 27.3. The Morgan fingerprint density at radius 1 is 0.631 bits per heavy atom. The molecule has 440 valence electrons. The van der Waals surface area contributed by atoms with E-state index in [9.17, 15) is 24.0 Å². The van der Waals surface area contributed by atoms with Crippen LogP contribution < -0.4 is 49.2 Å². The molecule has 3 aliphatic heterocycles. The van der Waals surface area contributed by atoms with Crippen LogP contribution in [0.15, 0.2) is 123 Å². The Hall–Kier alpha value is -9.57. The molecule has 2 N–H and O–H groups in total. The summed E-state index contributed by atoms with van der Waals surface area (Å²) in [6, 6.07) is 25.0. The summed E-state index contributed by atoms with van der Waals surface area (Å²) in [5.74, 6) is 3.79. The minimum absolute atomic E-state index is 0.0915. The van der Waals surface area contributed by atoms with E-state index in [-0.39, 0.29) is 61.6 Å². The highest BCUT2D eigenvalue weighted by Crippen LogP contribution is 2.38. The van der Waals surface area contributed by atoms with Crippen molar-refractivity contribution in [3.8, 4) is 23.0 Å². The van der Waals surface area contributed by atoms with Crippen molar-refractivity contribution >= 4 is 76.0 Å². The lowest BCUT2D eigenvalue weighted by molar-refractivity contribution is -0.114. The number of urea groups is 2. The summed E-state index contributed by atoms with van der Waals surface area (Å²) in [7, 11) is 7.83. The number of likely N-dealkylation sites (tertiary alicyclic amines) is 1. The Balaban J connectivity index is 0.000000225. The molecule has 4 aromatic carbocycles. The van der Waals surface area contributed by atoms with Crippen molar-refractivity contribution in [1.82, 2.24) is 24.8 Å². The molecule has 0 saturated carbocycles. The van der Waals surface area contributed by atoms with Gasteiger partial charge >= 0.3 is 18.2 Å². The summed E-state index contributed by atoms with van der Waals surface area (Å²) >= 11 is 0. The minimum Gasteiger partial charge on any atom is -0.497 e. The Labute approximate surface area is 489 Å². The number of allylic oxidation sites excluding steroid dienone is 2. The number of nitrogens with one attached hydrogen (secondary N) is 2. The van der Waals surface area contributed by atoms with E-state index in [0.717, 1.165) is 22.3 Å². The van der Waals surface area contributed by atoms with Gasteiger partial charge in [-0.05, 0) is 74.9 Å². The molecule has 0 bridgehead atoms. The highest BCUT2D eigenvalue weighted by atomic mass is 16.6. The van der Waals surface area contributed by atoms with E-state index in [1.807, 2.05) is 69.3 Å². The third kappa shape index (κ3) is 14.9. The van der Waals surface area contributed by atoms with E-state index >= 15 is 0 Å². The second-order valence-corrected chi connectivity index (χ2v) is 20.9. The Morgan fingerprint density at radius 3 is 1.48 bits per heavy atom. The van der Waals surface area contributed by atoms with Crippen molar-refractivity contribution < 1.29 is 52.4 Å². The summed E-state index contributed by atoms with van der Waals surface area (Å²) in [5.41, 5.74) is 5.15. The molecule has 0 unspecified atom stereocenters. The number of ketones is 2. The molecular formula is C62H71N11O11. The number of hydrogen-bond donors (Lipinski definition) is 2. The molecule has 2 aromatic heterocycles. The zero-order chi connectivity index (χ0) is 60.1. The summed E-state index contributed by atoms with van der Waals surface area (Å²) in [6.07, 6.45) is 7.48. The fraction of sp³-hybridized carbons (Fsp3) is 0.339. The van der Waals surface area contributed by atoms with Crippen LogP contribution in [0.25, 0.3) is 0 Å². The van der Waals surface area contributed by atoms with Crippen molar-refractivity contribution in [3.63, 3.8) is 0 Å². The lowest BCUT2D eigenvalue weighted by atomic mass is 9.96. The molecule has 3 aliphatic rings. The van der Waals surface area contributed by atoms with Gasteiger partial charge in [0.15, 0.2) is 11.6 Å². The van der Waals surface area contributed by atoms with Crippen LogP contribution in [0.4, 0.5) is 60.7 Å². The molecule has 5 heterocycles. The number of nitrogens with zero attached hydrogens (tertiary/aromatic N) is 9. The maximum absolute atomic E-state index is 14.3. The van der Waals surface area contributed by atoms with Crippen molar-refractivity contribution in [2.45, 2.75) is 65.1 Å². The van der Waals surface area contributed by atoms with Gasteiger partial charge < -0.3 is 44.0 Å². The van der Waals surface area contributed by atoms with Gasteiger partial charge in [0, 0.05) is 111 Å². The van der Waals surface area contributed by atoms with Gasteiger partial charge in [-0.15, -0.1) is 0 Å². The molecule has 6 aromatic rings. The van der Waals surface area contributed by atoms with Crippen LogP contribution >= 0.6 is 0 Å². The number of anilines is 8. The summed E-state index contributed by atoms with van der Waals surface area (Å²) in [5, 5.41) is 6.44. The van der Waals surface area contributed by atoms with Crippen molar-refractivity contribution in [3.05, 3.63) is 145 Å². The molecule has 22 heteroatoms. The second-order valence-electron chi connectivity index (χ2n) is 20.9. The highest BCUT2D eigenvalue weighted by molar-refractivity contribution is 6.07. The molecule has 0 radical (unpaired) electrons. The van der Waals surface area contributed by atoms with E-state index in [0.29, 0.717) is 115 Å². The molecule has 0 atom stereocenters. The fourth-order valence-electron chi connectivity index (χ4n) is 9.64. The fourth-order valence-corrected chi connectivity index (χ4v) is 9.64. The molecular weight excluding hydrogens is 1070 g/mol. The Morgan fingerprint density at radius 2 is 1.06 bits per heavy atom. The molecule has 0 spiro atoms. The van der Waals surface area contributed by atoms with Gasteiger partial charge in [0.25, 0.3) is 0 Å². The summed E-state index contributed by atoms with van der Waals surface area (Å²) in [4.78, 5) is 91.6. The van der Waals surface area contributed by atoms with Crippen LogP contribution in [0.5, 0.6) is 23.0 Å². The monoisotopic (exact) mass is 1150 g/mol. The van der Waals surface area contributed by atoms with Gasteiger partial charge in [0.05, 0.1) is 66.1 Å². The quantitative estimate of drug-likeness (QED) is 0.0638. The minimum atomic E-state index is -0.572. The number of amides is 5. The van der Waals surface area contributed by atoms with Gasteiger partial charge in [0.1, 0.15) is 40.2 Å². The van der Waals surface area contributed by atoms with E-state index in [1.165, 1.54) is 12.2 Å². The predicted molar refractivity (Wildman–Crippen MR) is 321 cm³/mol. The van der Waals surface area contributed by atoms with Gasteiger partial charge in [-0.2, -0.15) is 9.97 Å². The largest absolute Gasteiger partial charge is 0.497 e. The molecule has 84 heavy (non-hydrogen) atoms. The van der Waals surface area contributed by atoms with Crippen molar-refractivity contribution in [2.24, 2.45) is 5.92 Å². The Bertz CT molecular complexity index is 3350. The van der Waals surface area contributed by atoms with Gasteiger partial charge in [-0.1, -0.05) is 49.6 Å². The third-order valence-electron chi connectivity index (χ3n) is 14.0. The number of aromatic nitrogens is 4. The average Bonchev–Trinajstić information content (AvgIpc) is 1.12. The summed E-state index contributed by atoms with van der Waals surface area (Å²) in [6.45, 7) is 15.3. The van der Waals surface area contributed by atoms with Gasteiger partial charge in [-0.25, -0.2) is 24.4 Å². The van der Waals surface area contributed by atoms with Crippen LogP contribution in [-0.4, -0.2) is 128 Å². The molecule has 5 amide bonds. The van der Waals surface area contributed by atoms with Crippen molar-refractivity contribution in [1.29, 1.82) is 0 Å². The first-order valence-electron chi connectivity index (χ1n) is 27.3. The molecule has 22 nitrogen and oxygen atoms in total. The molecule has 0 aliphatic carbocycles. The van der Waals surface area contributed by atoms with Crippen molar-refractivity contribution in [2.75, 3.05) is 98.6 Å². The normalized spacial score (nSPS) is 14.1. The first-order chi connectivity index (χ1) is 40.4. The Kier molecular flexibility index (Phi) is 19.8. The summed E-state index contributed by atoms with van der Waals surface area (Å²) < 4.78 is 32.6. The smallest absolute Gasteiger partial charge is 0.410 e. The zero-order valence-electron chi connectivity index (χ0n) is 48.7. The molecule has 1 fully saturated rings. The van der Waals surface area contributed by atoms with Gasteiger partial charge in [0.2, 0.25) is 11.9 Å². The maximum atomic E-state index is 14.3. The number of carbonyl (C=O) groups excluding carboxylic acids is 5. The number of rotatable bonds is 21. The van der Waals surface area contributed by atoms with Crippen LogP contribution in [-0.2, 0) is 45.0 Å². The van der Waals surface area contributed by atoms with E-state index < -0.39 is 5.60 Å². The lowest BCUT2D eigenvalue weighted by Gasteiger charge is -2.39. The average molecular weight is 1150 g/mol. The highest BCUT2D eigenvalue weighted by Gasteiger charge is 2.38. The number of fused-ring (bicyclic) bond motifs is 2. The lowest BCUT2D eigenvalue weighted by Crippen LogP contribution is -2.51. The number of piperidine rings is 1. The molecule has 9 rings (SSSR count). The number of hydrogen-bond acceptors (Lipinski definition) is 17. The van der Waals surface area contributed by atoms with Gasteiger partial charge in [-0.3, -0.25) is 29.2 Å². The first kappa shape index (κ1) is 60.5. The van der Waals surface area contributed by atoms with E-state index in [1.54, 1.807) is 109 Å². The van der Waals surface area contributed by atoms with Crippen LogP contribution in [0.1, 0.15) is 55.9 Å². The van der Waals surface area contributed by atoms with E-state index in [4.69, 9.17) is 33.4 Å². The number of methoxy groups -OCH3 is 5. The maximum Gasteiger partial charge on any atom is 0.410 e. The second kappa shape index (κ2) is 27.5. The van der Waals surface area contributed by atoms with Crippen LogP contribution in [0.2, 0.25) is 0 Å². The predicted octanol–water partition coefficient (Wildman–Crippen LogP) is 10.3.